The van der Waals surface area contributed by atoms with Gasteiger partial charge in [0.25, 0.3) is 5.91 Å². The number of hydrogen-bond donors (Lipinski definition) is 2. The van der Waals surface area contributed by atoms with Gasteiger partial charge >= 0.3 is 6.16 Å². The Morgan fingerprint density at radius 2 is 1.76 bits per heavy atom. The van der Waals surface area contributed by atoms with Gasteiger partial charge < -0.3 is 24.5 Å². The van der Waals surface area contributed by atoms with Gasteiger partial charge in [0.15, 0.2) is 0 Å². The van der Waals surface area contributed by atoms with Gasteiger partial charge in [0, 0.05) is 55.0 Å². The normalized spacial score (nSPS) is 14.7. The zero-order valence-corrected chi connectivity index (χ0v) is 19.6. The summed E-state index contributed by atoms with van der Waals surface area (Å²) in [7, 11) is 0. The Morgan fingerprint density at radius 3 is 2.38 bits per heavy atom. The number of benzene rings is 1. The number of amidine groups is 1. The van der Waals surface area contributed by atoms with E-state index in [0.29, 0.717) is 42.7 Å². The van der Waals surface area contributed by atoms with Crippen LogP contribution in [0.5, 0.6) is 0 Å². The molecule has 3 heterocycles. The fraction of sp³-hybridized carbons (Fsp3) is 0.360. The molecule has 0 atom stereocenters. The third-order valence-electron chi connectivity index (χ3n) is 5.58. The summed E-state index contributed by atoms with van der Waals surface area (Å²) in [6, 6.07) is 10.9. The molecule has 0 bridgehead atoms. The number of imidazole rings is 1. The number of hydrogen-bond acceptors (Lipinski definition) is 6. The van der Waals surface area contributed by atoms with E-state index >= 15 is 0 Å². The number of aromatic nitrogens is 2. The molecule has 0 unspecified atom stereocenters. The van der Waals surface area contributed by atoms with Crippen LogP contribution in [0, 0.1) is 5.41 Å². The zero-order valence-electron chi connectivity index (χ0n) is 19.6. The van der Waals surface area contributed by atoms with Crippen LogP contribution in [-0.4, -0.2) is 57.0 Å². The molecule has 34 heavy (non-hydrogen) atoms. The Kier molecular flexibility index (Phi) is 6.28. The standard InChI is InChI=1S/C25H29N5O4/c1-25(2,3)34-24(32)33-19-9-12-29(13-10-19)23(31)18-8-11-30-15-20(28-21(30)14-18)16-4-6-17(7-5-16)22(26)27/h4-8,11,14-15,19H,9-10,12-13H2,1-3H3,(H3,26,27). The largest absolute Gasteiger partial charge is 0.509 e. The van der Waals surface area contributed by atoms with Crippen LogP contribution in [-0.2, 0) is 9.47 Å². The van der Waals surface area contributed by atoms with Gasteiger partial charge in [-0.3, -0.25) is 10.2 Å². The fourth-order valence-corrected chi connectivity index (χ4v) is 3.84. The molecule has 0 radical (unpaired) electrons. The number of rotatable bonds is 4. The third-order valence-corrected chi connectivity index (χ3v) is 5.58. The van der Waals surface area contributed by atoms with Gasteiger partial charge in [-0.2, -0.15) is 0 Å². The van der Waals surface area contributed by atoms with Crippen LogP contribution in [0.1, 0.15) is 49.5 Å². The third kappa shape index (κ3) is 5.36. The Bertz CT molecular complexity index is 1220. The number of piperidine rings is 1. The highest BCUT2D eigenvalue weighted by Gasteiger charge is 2.28. The number of carbonyl (C=O) groups excluding carboxylic acids is 2. The molecule has 1 aromatic carbocycles. The first-order valence-electron chi connectivity index (χ1n) is 11.2. The van der Waals surface area contributed by atoms with Crippen molar-refractivity contribution in [2.45, 2.75) is 45.3 Å². The molecule has 2 aromatic heterocycles. The number of carbonyl (C=O) groups is 2. The summed E-state index contributed by atoms with van der Waals surface area (Å²) in [4.78, 5) is 31.4. The Balaban J connectivity index is 1.40. The summed E-state index contributed by atoms with van der Waals surface area (Å²) >= 11 is 0. The number of likely N-dealkylation sites (tertiary alicyclic amines) is 1. The van der Waals surface area contributed by atoms with Crippen LogP contribution in [0.15, 0.2) is 48.8 Å². The maximum atomic E-state index is 13.1. The maximum absolute atomic E-state index is 13.1. The lowest BCUT2D eigenvalue weighted by Gasteiger charge is -2.32. The monoisotopic (exact) mass is 463 g/mol. The van der Waals surface area contributed by atoms with Crippen molar-refractivity contribution in [2.75, 3.05) is 13.1 Å². The summed E-state index contributed by atoms with van der Waals surface area (Å²) in [5.41, 5.74) is 8.46. The number of amides is 1. The lowest BCUT2D eigenvalue weighted by Crippen LogP contribution is -2.42. The van der Waals surface area contributed by atoms with E-state index in [9.17, 15) is 9.59 Å². The number of ether oxygens (including phenoxy) is 2. The van der Waals surface area contributed by atoms with Gasteiger partial charge in [-0.1, -0.05) is 24.3 Å². The zero-order chi connectivity index (χ0) is 24.5. The molecule has 3 N–H and O–H groups in total. The predicted molar refractivity (Wildman–Crippen MR) is 128 cm³/mol. The van der Waals surface area contributed by atoms with Crippen molar-refractivity contribution in [3.05, 3.63) is 59.9 Å². The van der Waals surface area contributed by atoms with Crippen molar-refractivity contribution >= 4 is 23.5 Å². The van der Waals surface area contributed by atoms with Crippen molar-refractivity contribution in [1.82, 2.24) is 14.3 Å². The molecule has 9 nitrogen and oxygen atoms in total. The van der Waals surface area contributed by atoms with Crippen molar-refractivity contribution in [1.29, 1.82) is 5.41 Å². The smallest absolute Gasteiger partial charge is 0.431 e. The van der Waals surface area contributed by atoms with E-state index in [1.165, 1.54) is 0 Å². The Labute approximate surface area is 198 Å². The van der Waals surface area contributed by atoms with Gasteiger partial charge in [0.1, 0.15) is 23.2 Å². The van der Waals surface area contributed by atoms with Crippen LogP contribution in [0.3, 0.4) is 0 Å². The first-order chi connectivity index (χ1) is 16.1. The van der Waals surface area contributed by atoms with Crippen molar-refractivity contribution < 1.29 is 19.1 Å². The second-order valence-corrected chi connectivity index (χ2v) is 9.37. The second-order valence-electron chi connectivity index (χ2n) is 9.37. The van der Waals surface area contributed by atoms with E-state index in [1.54, 1.807) is 49.9 Å². The van der Waals surface area contributed by atoms with Gasteiger partial charge in [-0.25, -0.2) is 9.78 Å². The molecule has 0 saturated carbocycles. The van der Waals surface area contributed by atoms with Gasteiger partial charge in [-0.05, 0) is 32.9 Å². The molecule has 1 aliphatic heterocycles. The summed E-state index contributed by atoms with van der Waals surface area (Å²) in [5, 5.41) is 7.51. The van der Waals surface area contributed by atoms with Crippen LogP contribution < -0.4 is 5.73 Å². The SMILES string of the molecule is CC(C)(C)OC(=O)OC1CCN(C(=O)c2ccn3cc(-c4ccc(C(=N)N)cc4)nc3c2)CC1. The minimum absolute atomic E-state index is 0.0186. The van der Waals surface area contributed by atoms with E-state index in [-0.39, 0.29) is 17.8 Å². The van der Waals surface area contributed by atoms with E-state index in [4.69, 9.17) is 20.6 Å². The van der Waals surface area contributed by atoms with E-state index in [2.05, 4.69) is 4.98 Å². The summed E-state index contributed by atoms with van der Waals surface area (Å²) in [6.45, 7) is 6.37. The first kappa shape index (κ1) is 23.3. The van der Waals surface area contributed by atoms with E-state index < -0.39 is 11.8 Å². The molecular weight excluding hydrogens is 434 g/mol. The Morgan fingerprint density at radius 1 is 1.09 bits per heavy atom. The number of nitrogens with zero attached hydrogens (tertiary/aromatic N) is 3. The second kappa shape index (κ2) is 9.17. The predicted octanol–water partition coefficient (Wildman–Crippen LogP) is 3.84. The quantitative estimate of drug-likeness (QED) is 0.344. The number of nitrogen functional groups attached to an aromatic ring is 1. The minimum Gasteiger partial charge on any atom is -0.431 e. The maximum Gasteiger partial charge on any atom is 0.509 e. The summed E-state index contributed by atoms with van der Waals surface area (Å²) in [5.74, 6) is -0.0567. The highest BCUT2D eigenvalue weighted by molar-refractivity contribution is 5.96. The molecule has 0 aliphatic carbocycles. The number of nitrogens with one attached hydrogen (secondary N) is 1. The molecule has 178 valence electrons. The van der Waals surface area contributed by atoms with E-state index in [0.717, 1.165) is 11.3 Å². The minimum atomic E-state index is -0.672. The molecule has 1 fully saturated rings. The lowest BCUT2D eigenvalue weighted by atomic mass is 10.1. The topological polar surface area (TPSA) is 123 Å². The van der Waals surface area contributed by atoms with Crippen LogP contribution in [0.4, 0.5) is 4.79 Å². The molecular formula is C25H29N5O4. The Hall–Kier alpha value is -3.88. The number of nitrogens with two attached hydrogens (primary N) is 1. The molecule has 1 amide bonds. The first-order valence-corrected chi connectivity index (χ1v) is 11.2. The number of fused-ring (bicyclic) bond motifs is 1. The average molecular weight is 464 g/mol. The lowest BCUT2D eigenvalue weighted by molar-refractivity contribution is -0.0375. The molecule has 9 heteroatoms. The van der Waals surface area contributed by atoms with Crippen LogP contribution in [0.2, 0.25) is 0 Å². The van der Waals surface area contributed by atoms with Crippen LogP contribution in [0.25, 0.3) is 16.9 Å². The number of pyridine rings is 1. The molecule has 0 spiro atoms. The van der Waals surface area contributed by atoms with Crippen molar-refractivity contribution in [2.24, 2.45) is 5.73 Å². The summed E-state index contributed by atoms with van der Waals surface area (Å²) in [6.07, 6.45) is 3.92. The fourth-order valence-electron chi connectivity index (χ4n) is 3.84. The van der Waals surface area contributed by atoms with Crippen LogP contribution >= 0.6 is 0 Å². The van der Waals surface area contributed by atoms with Gasteiger partial charge in [0.2, 0.25) is 0 Å². The van der Waals surface area contributed by atoms with Crippen molar-refractivity contribution in [3.63, 3.8) is 0 Å². The highest BCUT2D eigenvalue weighted by atomic mass is 16.7. The molecule has 3 aromatic rings. The van der Waals surface area contributed by atoms with Gasteiger partial charge in [-0.15, -0.1) is 0 Å². The van der Waals surface area contributed by atoms with E-state index in [1.807, 2.05) is 28.9 Å². The average Bonchev–Trinajstić information content (AvgIpc) is 3.21. The molecule has 1 aliphatic rings. The van der Waals surface area contributed by atoms with Crippen molar-refractivity contribution in [3.8, 4) is 11.3 Å². The summed E-state index contributed by atoms with van der Waals surface area (Å²) < 4.78 is 12.5. The molecule has 1 saturated heterocycles. The molecule has 4 rings (SSSR count). The highest BCUT2D eigenvalue weighted by Crippen LogP contribution is 2.22. The van der Waals surface area contributed by atoms with Gasteiger partial charge in [0.05, 0.1) is 5.69 Å².